The minimum Gasteiger partial charge on any atom is -0.435 e. The summed E-state index contributed by atoms with van der Waals surface area (Å²) in [5, 5.41) is 4.78. The second kappa shape index (κ2) is 5.79. The maximum absolute atomic E-state index is 6.15. The number of nitrogens with zero attached hydrogens (tertiary/aromatic N) is 4. The van der Waals surface area contributed by atoms with Crippen LogP contribution in [-0.2, 0) is 13.5 Å². The summed E-state index contributed by atoms with van der Waals surface area (Å²) >= 11 is 6.15. The number of hydrogen-bond acceptors (Lipinski definition) is 4. The molecule has 0 amide bonds. The van der Waals surface area contributed by atoms with Crippen molar-refractivity contribution in [2.24, 2.45) is 7.05 Å². The highest BCUT2D eigenvalue weighted by molar-refractivity contribution is 6.30. The number of ether oxygens (including phenoxy) is 1. The molecule has 2 heterocycles. The molecule has 108 valence electrons. The van der Waals surface area contributed by atoms with Gasteiger partial charge in [-0.2, -0.15) is 10.1 Å². The quantitative estimate of drug-likeness (QED) is 0.810. The van der Waals surface area contributed by atoms with Crippen LogP contribution in [0, 0.1) is 20.8 Å². The van der Waals surface area contributed by atoms with Crippen LogP contribution in [0.25, 0.3) is 0 Å². The van der Waals surface area contributed by atoms with Crippen molar-refractivity contribution in [3.05, 3.63) is 27.9 Å². The van der Waals surface area contributed by atoms with E-state index in [1.807, 2.05) is 27.8 Å². The second-order valence-electron chi connectivity index (χ2n) is 4.84. The topological polar surface area (TPSA) is 52.8 Å². The zero-order valence-corrected chi connectivity index (χ0v) is 13.2. The van der Waals surface area contributed by atoms with E-state index in [1.165, 1.54) is 0 Å². The zero-order valence-electron chi connectivity index (χ0n) is 12.5. The highest BCUT2D eigenvalue weighted by atomic mass is 35.5. The SMILES string of the molecule is CCCc1nc(Cl)c(C)c(Oc2c(C)nn(C)c2C)n1. The number of aromatic nitrogens is 4. The highest BCUT2D eigenvalue weighted by Gasteiger charge is 2.16. The summed E-state index contributed by atoms with van der Waals surface area (Å²) in [4.78, 5) is 8.72. The van der Waals surface area contributed by atoms with Gasteiger partial charge in [0.2, 0.25) is 5.88 Å². The number of hydrogen-bond donors (Lipinski definition) is 0. The molecule has 0 spiro atoms. The first-order valence-corrected chi connectivity index (χ1v) is 7.02. The summed E-state index contributed by atoms with van der Waals surface area (Å²) in [7, 11) is 1.89. The summed E-state index contributed by atoms with van der Waals surface area (Å²) in [5.41, 5.74) is 2.53. The average Bonchev–Trinajstić information content (AvgIpc) is 2.62. The van der Waals surface area contributed by atoms with E-state index in [0.717, 1.165) is 35.5 Å². The molecule has 0 radical (unpaired) electrons. The van der Waals surface area contributed by atoms with Crippen molar-refractivity contribution < 1.29 is 4.74 Å². The van der Waals surface area contributed by atoms with E-state index in [1.54, 1.807) is 4.68 Å². The van der Waals surface area contributed by atoms with Crippen molar-refractivity contribution in [1.29, 1.82) is 0 Å². The van der Waals surface area contributed by atoms with Gasteiger partial charge in [-0.15, -0.1) is 0 Å². The van der Waals surface area contributed by atoms with Crippen molar-refractivity contribution in [2.75, 3.05) is 0 Å². The molecule has 0 saturated heterocycles. The molecular weight excluding hydrogens is 276 g/mol. The standard InChI is InChI=1S/C14H19ClN4O/c1-6-7-11-16-13(15)8(2)14(17-11)20-12-9(3)18-19(5)10(12)4/h6-7H2,1-5H3. The van der Waals surface area contributed by atoms with E-state index in [4.69, 9.17) is 16.3 Å². The summed E-state index contributed by atoms with van der Waals surface area (Å²) in [5.74, 6) is 1.94. The summed E-state index contributed by atoms with van der Waals surface area (Å²) < 4.78 is 7.73. The fourth-order valence-corrected chi connectivity index (χ4v) is 2.12. The number of halogens is 1. The largest absolute Gasteiger partial charge is 0.435 e. The lowest BCUT2D eigenvalue weighted by Gasteiger charge is -2.10. The first-order valence-electron chi connectivity index (χ1n) is 6.65. The molecular formula is C14H19ClN4O. The van der Waals surface area contributed by atoms with Crippen molar-refractivity contribution in [2.45, 2.75) is 40.5 Å². The maximum Gasteiger partial charge on any atom is 0.227 e. The van der Waals surface area contributed by atoms with Gasteiger partial charge in [0.1, 0.15) is 16.7 Å². The van der Waals surface area contributed by atoms with Crippen molar-refractivity contribution in [3.63, 3.8) is 0 Å². The molecule has 2 aromatic rings. The number of aryl methyl sites for hydroxylation is 3. The van der Waals surface area contributed by atoms with Gasteiger partial charge >= 0.3 is 0 Å². The minimum atomic E-state index is 0.442. The molecule has 2 aromatic heterocycles. The first-order chi connectivity index (χ1) is 9.43. The van der Waals surface area contributed by atoms with E-state index in [2.05, 4.69) is 22.0 Å². The molecule has 0 N–H and O–H groups in total. The van der Waals surface area contributed by atoms with Gasteiger partial charge in [0.15, 0.2) is 5.75 Å². The Hall–Kier alpha value is -1.62. The smallest absolute Gasteiger partial charge is 0.227 e. The molecule has 0 aromatic carbocycles. The first kappa shape index (κ1) is 14.8. The lowest BCUT2D eigenvalue weighted by Crippen LogP contribution is -2.02. The molecule has 0 fully saturated rings. The van der Waals surface area contributed by atoms with Gasteiger partial charge in [-0.25, -0.2) is 4.98 Å². The molecule has 0 aliphatic heterocycles. The Balaban J connectivity index is 2.42. The van der Waals surface area contributed by atoms with Crippen LogP contribution in [0.2, 0.25) is 5.15 Å². The summed E-state index contributed by atoms with van der Waals surface area (Å²) in [6, 6.07) is 0. The van der Waals surface area contributed by atoms with Gasteiger partial charge in [-0.05, 0) is 27.2 Å². The molecule has 2 rings (SSSR count). The third-order valence-electron chi connectivity index (χ3n) is 3.20. The van der Waals surface area contributed by atoms with Gasteiger partial charge in [0, 0.05) is 19.0 Å². The molecule has 20 heavy (non-hydrogen) atoms. The Labute approximate surface area is 124 Å². The van der Waals surface area contributed by atoms with Crippen molar-refractivity contribution >= 4 is 11.6 Å². The monoisotopic (exact) mass is 294 g/mol. The van der Waals surface area contributed by atoms with Crippen LogP contribution in [0.5, 0.6) is 11.6 Å². The van der Waals surface area contributed by atoms with Crippen molar-refractivity contribution in [3.8, 4) is 11.6 Å². The minimum absolute atomic E-state index is 0.442. The van der Waals surface area contributed by atoms with Gasteiger partial charge in [-0.3, -0.25) is 4.68 Å². The van der Waals surface area contributed by atoms with E-state index < -0.39 is 0 Å². The molecule has 5 nitrogen and oxygen atoms in total. The number of rotatable bonds is 4. The molecule has 0 atom stereocenters. The van der Waals surface area contributed by atoms with E-state index in [9.17, 15) is 0 Å². The second-order valence-corrected chi connectivity index (χ2v) is 5.19. The van der Waals surface area contributed by atoms with Gasteiger partial charge in [-0.1, -0.05) is 18.5 Å². The Morgan fingerprint density at radius 3 is 2.45 bits per heavy atom. The Bertz CT molecular complexity index is 637. The van der Waals surface area contributed by atoms with Crippen LogP contribution in [-0.4, -0.2) is 19.7 Å². The predicted octanol–water partition coefficient (Wildman–Crippen LogP) is 3.53. The van der Waals surface area contributed by atoms with Gasteiger partial charge in [0.05, 0.1) is 5.69 Å². The van der Waals surface area contributed by atoms with E-state index >= 15 is 0 Å². The van der Waals surface area contributed by atoms with Crippen LogP contribution >= 0.6 is 11.6 Å². The average molecular weight is 295 g/mol. The predicted molar refractivity (Wildman–Crippen MR) is 78.5 cm³/mol. The normalized spacial score (nSPS) is 10.9. The van der Waals surface area contributed by atoms with Crippen LogP contribution in [0.3, 0.4) is 0 Å². The molecule has 0 aliphatic rings. The lowest BCUT2D eigenvalue weighted by atomic mass is 10.3. The van der Waals surface area contributed by atoms with Crippen LogP contribution in [0.15, 0.2) is 0 Å². The van der Waals surface area contributed by atoms with Crippen LogP contribution in [0.4, 0.5) is 0 Å². The molecule has 0 bridgehead atoms. The lowest BCUT2D eigenvalue weighted by molar-refractivity contribution is 0.446. The highest BCUT2D eigenvalue weighted by Crippen LogP contribution is 2.31. The molecule has 0 unspecified atom stereocenters. The fraction of sp³-hybridized carbons (Fsp3) is 0.500. The third kappa shape index (κ3) is 2.77. The van der Waals surface area contributed by atoms with Crippen LogP contribution < -0.4 is 4.74 Å². The zero-order chi connectivity index (χ0) is 14.9. The van der Waals surface area contributed by atoms with Crippen molar-refractivity contribution in [1.82, 2.24) is 19.7 Å². The summed E-state index contributed by atoms with van der Waals surface area (Å²) in [6.45, 7) is 7.80. The molecule has 6 heteroatoms. The van der Waals surface area contributed by atoms with E-state index in [0.29, 0.717) is 16.9 Å². The Morgan fingerprint density at radius 1 is 1.20 bits per heavy atom. The van der Waals surface area contributed by atoms with Gasteiger partial charge < -0.3 is 4.74 Å². The molecule has 0 aliphatic carbocycles. The maximum atomic E-state index is 6.15. The Morgan fingerprint density at radius 2 is 1.90 bits per heavy atom. The van der Waals surface area contributed by atoms with Gasteiger partial charge in [0.25, 0.3) is 0 Å². The third-order valence-corrected chi connectivity index (χ3v) is 3.57. The Kier molecular flexibility index (Phi) is 4.28. The fourth-order valence-electron chi connectivity index (χ4n) is 1.94. The molecule has 0 saturated carbocycles. The van der Waals surface area contributed by atoms with Crippen LogP contribution in [0.1, 0.15) is 36.1 Å². The van der Waals surface area contributed by atoms with E-state index in [-0.39, 0.29) is 0 Å². The summed E-state index contributed by atoms with van der Waals surface area (Å²) in [6.07, 6.45) is 1.74.